The summed E-state index contributed by atoms with van der Waals surface area (Å²) < 4.78 is 0. The van der Waals surface area contributed by atoms with E-state index in [1.54, 1.807) is 4.90 Å². The minimum atomic E-state index is -0.791. The molecule has 4 unspecified atom stereocenters. The molecule has 1 saturated heterocycles. The summed E-state index contributed by atoms with van der Waals surface area (Å²) in [5.74, 6) is -0.0396. The highest BCUT2D eigenvalue weighted by Gasteiger charge is 2.33. The molecule has 0 aromatic heterocycles. The minimum absolute atomic E-state index is 0.0862. The quantitative estimate of drug-likeness (QED) is 0.804. The van der Waals surface area contributed by atoms with Crippen LogP contribution in [0.15, 0.2) is 0 Å². The molecule has 2 aliphatic rings. The van der Waals surface area contributed by atoms with Gasteiger partial charge in [0.15, 0.2) is 0 Å². The highest BCUT2D eigenvalue weighted by Crippen LogP contribution is 2.31. The third-order valence-electron chi connectivity index (χ3n) is 4.83. The van der Waals surface area contributed by atoms with Crippen LogP contribution in [0.25, 0.3) is 0 Å². The van der Waals surface area contributed by atoms with Crippen LogP contribution in [-0.2, 0) is 4.79 Å². The molecule has 19 heavy (non-hydrogen) atoms. The van der Waals surface area contributed by atoms with Crippen molar-refractivity contribution in [3.63, 3.8) is 0 Å². The fraction of sp³-hybridized carbons (Fsp3) is 0.857. The van der Waals surface area contributed by atoms with Crippen LogP contribution in [-0.4, -0.2) is 41.1 Å². The Morgan fingerprint density at radius 1 is 1.21 bits per heavy atom. The summed E-state index contributed by atoms with van der Waals surface area (Å²) in [5, 5.41) is 12.1. The Kier molecular flexibility index (Phi) is 4.32. The standard InChI is InChI=1S/C14H24N2O3/c1-9-5-6-12(10(9)2)15-14(19)16-7-3-4-11(8-16)13(17)18/h9-12H,3-8H2,1-2H3,(H,15,19)(H,17,18). The Morgan fingerprint density at radius 3 is 2.53 bits per heavy atom. The molecule has 0 aromatic carbocycles. The average molecular weight is 268 g/mol. The fourth-order valence-electron chi connectivity index (χ4n) is 3.18. The number of piperidine rings is 1. The summed E-state index contributed by atoms with van der Waals surface area (Å²) in [7, 11) is 0. The molecular formula is C14H24N2O3. The van der Waals surface area contributed by atoms with Gasteiger partial charge < -0.3 is 15.3 Å². The monoisotopic (exact) mass is 268 g/mol. The molecule has 2 amide bonds. The molecule has 2 fully saturated rings. The van der Waals surface area contributed by atoms with Crippen molar-refractivity contribution in [2.24, 2.45) is 17.8 Å². The van der Waals surface area contributed by atoms with Crippen LogP contribution in [0.5, 0.6) is 0 Å². The molecule has 0 radical (unpaired) electrons. The molecule has 0 bridgehead atoms. The van der Waals surface area contributed by atoms with Crippen molar-refractivity contribution < 1.29 is 14.7 Å². The maximum atomic E-state index is 12.2. The minimum Gasteiger partial charge on any atom is -0.481 e. The topological polar surface area (TPSA) is 69.6 Å². The first kappa shape index (κ1) is 14.2. The number of hydrogen-bond acceptors (Lipinski definition) is 2. The zero-order valence-electron chi connectivity index (χ0n) is 11.8. The van der Waals surface area contributed by atoms with Gasteiger partial charge in [0.05, 0.1) is 5.92 Å². The molecule has 5 nitrogen and oxygen atoms in total. The Morgan fingerprint density at radius 2 is 1.95 bits per heavy atom. The number of hydrogen-bond donors (Lipinski definition) is 2. The first-order chi connectivity index (χ1) is 8.99. The number of aliphatic carboxylic acids is 1. The molecule has 5 heteroatoms. The molecule has 1 heterocycles. The third-order valence-corrected chi connectivity index (χ3v) is 4.83. The maximum absolute atomic E-state index is 12.2. The molecule has 1 aliphatic carbocycles. The van der Waals surface area contributed by atoms with E-state index in [0.717, 1.165) is 19.3 Å². The normalized spacial score (nSPS) is 35.2. The van der Waals surface area contributed by atoms with E-state index in [-0.39, 0.29) is 12.1 Å². The third kappa shape index (κ3) is 3.19. The van der Waals surface area contributed by atoms with E-state index in [1.807, 2.05) is 0 Å². The molecule has 2 rings (SSSR count). The van der Waals surface area contributed by atoms with Gasteiger partial charge in [0.1, 0.15) is 0 Å². The summed E-state index contributed by atoms with van der Waals surface area (Å²) in [5.41, 5.74) is 0. The smallest absolute Gasteiger partial charge is 0.317 e. The predicted octanol–water partition coefficient (Wildman–Crippen LogP) is 1.93. The van der Waals surface area contributed by atoms with Crippen LogP contribution < -0.4 is 5.32 Å². The summed E-state index contributed by atoms with van der Waals surface area (Å²) >= 11 is 0. The molecule has 1 saturated carbocycles. The zero-order valence-corrected chi connectivity index (χ0v) is 11.8. The van der Waals surface area contributed by atoms with Crippen LogP contribution in [0.2, 0.25) is 0 Å². The van der Waals surface area contributed by atoms with Gasteiger partial charge in [-0.2, -0.15) is 0 Å². The van der Waals surface area contributed by atoms with E-state index in [2.05, 4.69) is 19.2 Å². The number of urea groups is 1. The van der Waals surface area contributed by atoms with E-state index in [4.69, 9.17) is 5.11 Å². The lowest BCUT2D eigenvalue weighted by Crippen LogP contribution is -2.50. The fourth-order valence-corrected chi connectivity index (χ4v) is 3.18. The van der Waals surface area contributed by atoms with E-state index in [1.165, 1.54) is 0 Å². The molecular weight excluding hydrogens is 244 g/mol. The van der Waals surface area contributed by atoms with E-state index in [0.29, 0.717) is 31.3 Å². The molecule has 4 atom stereocenters. The van der Waals surface area contributed by atoms with E-state index >= 15 is 0 Å². The molecule has 0 aromatic rings. The van der Waals surface area contributed by atoms with E-state index < -0.39 is 11.9 Å². The van der Waals surface area contributed by atoms with Crippen molar-refractivity contribution in [3.8, 4) is 0 Å². The second-order valence-electron chi connectivity index (χ2n) is 6.09. The summed E-state index contributed by atoms with van der Waals surface area (Å²) in [4.78, 5) is 24.9. The van der Waals surface area contributed by atoms with Gasteiger partial charge in [-0.1, -0.05) is 13.8 Å². The SMILES string of the molecule is CC1CCC(NC(=O)N2CCCC(C(=O)O)C2)C1C. The van der Waals surface area contributed by atoms with Gasteiger partial charge in [-0.25, -0.2) is 4.79 Å². The second kappa shape index (κ2) is 5.80. The van der Waals surface area contributed by atoms with Crippen LogP contribution in [0.4, 0.5) is 4.79 Å². The Hall–Kier alpha value is -1.26. The summed E-state index contributed by atoms with van der Waals surface area (Å²) in [6, 6.07) is 0.157. The number of nitrogens with one attached hydrogen (secondary N) is 1. The van der Waals surface area contributed by atoms with Crippen molar-refractivity contribution in [2.45, 2.75) is 45.6 Å². The Bertz CT molecular complexity index is 359. The number of carbonyl (C=O) groups is 2. The van der Waals surface area contributed by atoms with E-state index in [9.17, 15) is 9.59 Å². The number of amides is 2. The van der Waals surface area contributed by atoms with Gasteiger partial charge in [-0.3, -0.25) is 4.79 Å². The zero-order chi connectivity index (χ0) is 14.0. The van der Waals surface area contributed by atoms with Crippen LogP contribution in [0.3, 0.4) is 0 Å². The van der Waals surface area contributed by atoms with Crippen LogP contribution in [0.1, 0.15) is 39.5 Å². The summed E-state index contributed by atoms with van der Waals surface area (Å²) in [6.45, 7) is 5.42. The van der Waals surface area contributed by atoms with Crippen LogP contribution >= 0.6 is 0 Å². The second-order valence-corrected chi connectivity index (χ2v) is 6.09. The van der Waals surface area contributed by atoms with Gasteiger partial charge in [0.25, 0.3) is 0 Å². The van der Waals surface area contributed by atoms with Gasteiger partial charge >= 0.3 is 12.0 Å². The van der Waals surface area contributed by atoms with Crippen molar-refractivity contribution in [2.75, 3.05) is 13.1 Å². The van der Waals surface area contributed by atoms with Crippen molar-refractivity contribution >= 4 is 12.0 Å². The number of carboxylic acid groups (broad SMARTS) is 1. The van der Waals surface area contributed by atoms with Crippen molar-refractivity contribution in [1.29, 1.82) is 0 Å². The number of rotatable bonds is 2. The lowest BCUT2D eigenvalue weighted by atomic mass is 9.97. The lowest BCUT2D eigenvalue weighted by molar-refractivity contribution is -0.143. The van der Waals surface area contributed by atoms with Crippen molar-refractivity contribution in [3.05, 3.63) is 0 Å². The predicted molar refractivity (Wildman–Crippen MR) is 71.8 cm³/mol. The Labute approximate surface area is 114 Å². The maximum Gasteiger partial charge on any atom is 0.317 e. The average Bonchev–Trinajstić information content (AvgIpc) is 2.71. The number of nitrogens with zero attached hydrogens (tertiary/aromatic N) is 1. The molecule has 1 aliphatic heterocycles. The highest BCUT2D eigenvalue weighted by molar-refractivity contribution is 5.76. The van der Waals surface area contributed by atoms with Crippen molar-refractivity contribution in [1.82, 2.24) is 10.2 Å². The molecule has 2 N–H and O–H groups in total. The van der Waals surface area contributed by atoms with Gasteiger partial charge in [0.2, 0.25) is 0 Å². The van der Waals surface area contributed by atoms with Gasteiger partial charge in [0, 0.05) is 19.1 Å². The van der Waals surface area contributed by atoms with Gasteiger partial charge in [-0.15, -0.1) is 0 Å². The lowest BCUT2D eigenvalue weighted by Gasteiger charge is -2.32. The summed E-state index contributed by atoms with van der Waals surface area (Å²) in [6.07, 6.45) is 3.64. The Balaban J connectivity index is 1.87. The highest BCUT2D eigenvalue weighted by atomic mass is 16.4. The first-order valence-corrected chi connectivity index (χ1v) is 7.27. The molecule has 0 spiro atoms. The van der Waals surface area contributed by atoms with Crippen LogP contribution in [0, 0.1) is 17.8 Å². The number of likely N-dealkylation sites (tertiary alicyclic amines) is 1. The number of carbonyl (C=O) groups excluding carboxylic acids is 1. The largest absolute Gasteiger partial charge is 0.481 e. The molecule has 108 valence electrons. The van der Waals surface area contributed by atoms with Gasteiger partial charge in [-0.05, 0) is 37.5 Å². The first-order valence-electron chi connectivity index (χ1n) is 7.27. The number of carboxylic acids is 1.